The van der Waals surface area contributed by atoms with Crippen LogP contribution in [0, 0.1) is 13.8 Å². The molecular weight excluding hydrogens is 414 g/mol. The van der Waals surface area contributed by atoms with E-state index in [9.17, 15) is 0 Å². The van der Waals surface area contributed by atoms with E-state index in [1.165, 1.54) is 0 Å². The van der Waals surface area contributed by atoms with E-state index >= 15 is 0 Å². The van der Waals surface area contributed by atoms with Crippen molar-refractivity contribution in [1.29, 1.82) is 0 Å². The van der Waals surface area contributed by atoms with Crippen LogP contribution in [0.3, 0.4) is 0 Å². The maximum Gasteiger partial charge on any atom is 0.217 e. The average molecular weight is 434 g/mol. The highest BCUT2D eigenvalue weighted by Gasteiger charge is 2.36. The summed E-state index contributed by atoms with van der Waals surface area (Å²) in [5, 5.41) is 14.8. The van der Waals surface area contributed by atoms with Crippen molar-refractivity contribution in [2.75, 3.05) is 23.2 Å². The van der Waals surface area contributed by atoms with Crippen molar-refractivity contribution in [2.24, 2.45) is 4.99 Å². The van der Waals surface area contributed by atoms with E-state index in [0.717, 1.165) is 40.2 Å². The molecule has 2 aromatic heterocycles. The third-order valence-electron chi connectivity index (χ3n) is 5.71. The summed E-state index contributed by atoms with van der Waals surface area (Å²) in [7, 11) is 0. The molecule has 156 valence electrons. The van der Waals surface area contributed by atoms with Crippen LogP contribution >= 0.6 is 11.6 Å². The molecule has 2 aromatic carbocycles. The fourth-order valence-electron chi connectivity index (χ4n) is 4.33. The number of benzene rings is 2. The van der Waals surface area contributed by atoms with Crippen LogP contribution in [0.5, 0.6) is 0 Å². The lowest BCUT2D eigenvalue weighted by Crippen LogP contribution is -2.59. The second kappa shape index (κ2) is 6.71. The first-order valence-electron chi connectivity index (χ1n) is 10.0. The Morgan fingerprint density at radius 3 is 2.52 bits per heavy atom. The van der Waals surface area contributed by atoms with Gasteiger partial charge in [-0.1, -0.05) is 35.9 Å². The molecule has 4 heterocycles. The highest BCUT2D eigenvalue weighted by molar-refractivity contribution is 6.30. The molecule has 2 aliphatic heterocycles. The molecule has 0 radical (unpaired) electrons. The molecule has 0 spiro atoms. The van der Waals surface area contributed by atoms with Crippen molar-refractivity contribution < 1.29 is 0 Å². The molecule has 0 saturated heterocycles. The Kier molecular flexibility index (Phi) is 3.94. The predicted molar refractivity (Wildman–Crippen MR) is 120 cm³/mol. The third-order valence-corrected chi connectivity index (χ3v) is 5.96. The molecule has 2 aliphatic rings. The van der Waals surface area contributed by atoms with E-state index in [1.807, 2.05) is 61.0 Å². The summed E-state index contributed by atoms with van der Waals surface area (Å²) in [6.07, 6.45) is -0.139. The van der Waals surface area contributed by atoms with Crippen molar-refractivity contribution in [3.63, 3.8) is 0 Å². The van der Waals surface area contributed by atoms with Crippen molar-refractivity contribution >= 4 is 34.5 Å². The van der Waals surface area contributed by atoms with Crippen LogP contribution in [0.15, 0.2) is 53.5 Å². The quantitative estimate of drug-likeness (QED) is 0.523. The molecule has 0 aliphatic carbocycles. The maximum atomic E-state index is 6.14. The smallest absolute Gasteiger partial charge is 0.217 e. The maximum absolute atomic E-state index is 6.14. The molecule has 0 fully saturated rings. The van der Waals surface area contributed by atoms with Gasteiger partial charge in [-0.2, -0.15) is 0 Å². The number of hydrogen-bond donors (Lipinski definition) is 1. The van der Waals surface area contributed by atoms with Crippen LogP contribution in [-0.4, -0.2) is 43.7 Å². The summed E-state index contributed by atoms with van der Waals surface area (Å²) >= 11 is 6.14. The first kappa shape index (κ1) is 18.2. The number of rotatable bonds is 2. The van der Waals surface area contributed by atoms with Gasteiger partial charge in [0, 0.05) is 5.02 Å². The first-order chi connectivity index (χ1) is 15.1. The van der Waals surface area contributed by atoms with E-state index in [0.29, 0.717) is 18.4 Å². The van der Waals surface area contributed by atoms with Crippen molar-refractivity contribution in [2.45, 2.75) is 20.0 Å². The molecule has 1 atom stereocenters. The molecule has 0 unspecified atom stereocenters. The number of hydrogen-bond acceptors (Lipinski definition) is 7. The molecular formula is C21H20ClN9. The van der Waals surface area contributed by atoms with E-state index in [-0.39, 0.29) is 6.17 Å². The van der Waals surface area contributed by atoms with Crippen LogP contribution < -0.4 is 15.2 Å². The van der Waals surface area contributed by atoms with Crippen LogP contribution in [0.1, 0.15) is 23.4 Å². The zero-order valence-electron chi connectivity index (χ0n) is 17.1. The largest absolute Gasteiger partial charge is 0.331 e. The van der Waals surface area contributed by atoms with Gasteiger partial charge in [-0.3, -0.25) is 14.5 Å². The Bertz CT molecular complexity index is 1300. The lowest BCUT2D eigenvalue weighted by atomic mass is 10.1. The molecule has 31 heavy (non-hydrogen) atoms. The van der Waals surface area contributed by atoms with E-state index < -0.39 is 0 Å². The monoisotopic (exact) mass is 433 g/mol. The molecule has 10 heteroatoms. The standard InChI is InChI=1S/C21H20ClN9/c1-13-26-27-14(2)31(13)28-11-23-20-25-19(15-7-9-16(22)10-8-15)30-18-6-4-3-5-17(18)24-21(30)29(20)12-28/h3-10,19H,11-12H2,1-2H3,(H,23,25)/t19-/m0/s1. The van der Waals surface area contributed by atoms with E-state index in [2.05, 4.69) is 36.1 Å². The Balaban J connectivity index is 1.49. The summed E-state index contributed by atoms with van der Waals surface area (Å²) < 4.78 is 4.21. The summed E-state index contributed by atoms with van der Waals surface area (Å²) in [5.74, 6) is 3.29. The summed E-state index contributed by atoms with van der Waals surface area (Å²) in [5.41, 5.74) is 3.08. The summed E-state index contributed by atoms with van der Waals surface area (Å²) in [6.45, 7) is 4.95. The Hall–Kier alpha value is -3.59. The molecule has 0 amide bonds. The molecule has 0 saturated carbocycles. The number of anilines is 1. The lowest BCUT2D eigenvalue weighted by Gasteiger charge is -2.42. The number of aryl methyl sites for hydroxylation is 2. The van der Waals surface area contributed by atoms with Gasteiger partial charge in [0.25, 0.3) is 0 Å². The first-order valence-corrected chi connectivity index (χ1v) is 10.4. The van der Waals surface area contributed by atoms with Gasteiger partial charge in [0.2, 0.25) is 11.9 Å². The van der Waals surface area contributed by atoms with Gasteiger partial charge in [-0.25, -0.2) is 14.7 Å². The Morgan fingerprint density at radius 2 is 1.74 bits per heavy atom. The van der Waals surface area contributed by atoms with Gasteiger partial charge < -0.3 is 5.32 Å². The van der Waals surface area contributed by atoms with E-state index in [1.54, 1.807) is 0 Å². The van der Waals surface area contributed by atoms with Gasteiger partial charge in [0.1, 0.15) is 31.2 Å². The van der Waals surface area contributed by atoms with Crippen molar-refractivity contribution in [3.8, 4) is 0 Å². The highest BCUT2D eigenvalue weighted by atomic mass is 35.5. The van der Waals surface area contributed by atoms with Gasteiger partial charge in [0.15, 0.2) is 0 Å². The van der Waals surface area contributed by atoms with Crippen LogP contribution in [0.2, 0.25) is 5.02 Å². The second-order valence-corrected chi connectivity index (χ2v) is 8.11. The Morgan fingerprint density at radius 1 is 1.00 bits per heavy atom. The van der Waals surface area contributed by atoms with E-state index in [4.69, 9.17) is 21.6 Å². The number of halogens is 1. The van der Waals surface area contributed by atoms with Gasteiger partial charge in [-0.15, -0.1) is 10.2 Å². The zero-order valence-corrected chi connectivity index (χ0v) is 17.8. The second-order valence-electron chi connectivity index (χ2n) is 7.67. The minimum absolute atomic E-state index is 0.139. The number of para-hydroxylation sites is 2. The van der Waals surface area contributed by atoms with Crippen LogP contribution in [-0.2, 0) is 0 Å². The number of aromatic nitrogens is 5. The number of imidazole rings is 1. The number of nitrogens with one attached hydrogen (secondary N) is 1. The topological polar surface area (TPSA) is 79.4 Å². The Labute approximate surface area is 183 Å². The normalized spacial score (nSPS) is 17.9. The molecule has 4 aromatic rings. The average Bonchev–Trinajstić information content (AvgIpc) is 3.33. The minimum atomic E-state index is -0.139. The zero-order chi connectivity index (χ0) is 21.1. The molecule has 6 rings (SSSR count). The lowest BCUT2D eigenvalue weighted by molar-refractivity contribution is 0.488. The van der Waals surface area contributed by atoms with Gasteiger partial charge >= 0.3 is 0 Å². The van der Waals surface area contributed by atoms with Gasteiger partial charge in [-0.05, 0) is 43.7 Å². The number of aliphatic imine (C=N–C) groups is 1. The summed E-state index contributed by atoms with van der Waals surface area (Å²) in [6, 6.07) is 16.1. The third kappa shape index (κ3) is 2.77. The molecule has 1 N–H and O–H groups in total. The fraction of sp³-hybridized carbons (Fsp3) is 0.238. The summed E-state index contributed by atoms with van der Waals surface area (Å²) in [4.78, 5) is 11.9. The van der Waals surface area contributed by atoms with Crippen molar-refractivity contribution in [3.05, 3.63) is 70.8 Å². The van der Waals surface area contributed by atoms with Crippen molar-refractivity contribution in [1.82, 2.24) is 29.7 Å². The molecule has 0 bridgehead atoms. The number of guanidine groups is 1. The highest BCUT2D eigenvalue weighted by Crippen LogP contribution is 2.34. The minimum Gasteiger partial charge on any atom is -0.331 e. The van der Waals surface area contributed by atoms with Crippen LogP contribution in [0.25, 0.3) is 11.0 Å². The molecule has 9 nitrogen and oxygen atoms in total. The van der Waals surface area contributed by atoms with Crippen LogP contribution in [0.4, 0.5) is 5.95 Å². The SMILES string of the molecule is Cc1nnc(C)n1N1CN=C2N[C@H](c3ccc(Cl)cc3)n3c(nc4ccccc43)N2C1. The fourth-order valence-corrected chi connectivity index (χ4v) is 4.46. The van der Waals surface area contributed by atoms with Gasteiger partial charge in [0.05, 0.1) is 11.0 Å². The predicted octanol–water partition coefficient (Wildman–Crippen LogP) is 2.78. The number of nitrogens with zero attached hydrogens (tertiary/aromatic N) is 8. The number of fused-ring (bicyclic) bond motifs is 5.